The fraction of sp³-hybridized carbons (Fsp3) is 0.400. The van der Waals surface area contributed by atoms with Crippen molar-refractivity contribution >= 4 is 11.6 Å². The van der Waals surface area contributed by atoms with Gasteiger partial charge in [0.05, 0.1) is 11.8 Å². The first-order valence-corrected chi connectivity index (χ1v) is 6.82. The summed E-state index contributed by atoms with van der Waals surface area (Å²) in [6.45, 7) is 6.12. The molecular weight excluding hydrogens is 260 g/mol. The fourth-order valence-electron chi connectivity index (χ4n) is 2.05. The van der Waals surface area contributed by atoms with Crippen molar-refractivity contribution in [2.75, 3.05) is 0 Å². The molecular formula is C15H19ClN2O. The van der Waals surface area contributed by atoms with Gasteiger partial charge in [-0.25, -0.2) is 0 Å². The second kappa shape index (κ2) is 5.76. The van der Waals surface area contributed by atoms with Crippen LogP contribution in [-0.2, 0) is 6.42 Å². The van der Waals surface area contributed by atoms with Crippen LogP contribution in [0.3, 0.4) is 0 Å². The van der Waals surface area contributed by atoms with E-state index in [0.717, 1.165) is 16.8 Å². The van der Waals surface area contributed by atoms with Gasteiger partial charge in [-0.05, 0) is 50.1 Å². The Kier molecular flexibility index (Phi) is 4.27. The van der Waals surface area contributed by atoms with Crippen LogP contribution in [0.5, 0.6) is 0 Å². The van der Waals surface area contributed by atoms with Crippen molar-refractivity contribution < 1.29 is 5.11 Å². The van der Waals surface area contributed by atoms with Gasteiger partial charge in [-0.1, -0.05) is 17.7 Å². The third-order valence-electron chi connectivity index (χ3n) is 3.04. The zero-order valence-electron chi connectivity index (χ0n) is 11.5. The number of rotatable bonds is 4. The first-order valence-electron chi connectivity index (χ1n) is 6.45. The third-order valence-corrected chi connectivity index (χ3v) is 3.26. The Morgan fingerprint density at radius 3 is 2.63 bits per heavy atom. The van der Waals surface area contributed by atoms with Crippen LogP contribution >= 0.6 is 11.6 Å². The van der Waals surface area contributed by atoms with E-state index in [9.17, 15) is 5.11 Å². The summed E-state index contributed by atoms with van der Waals surface area (Å²) in [7, 11) is 0. The maximum absolute atomic E-state index is 10.3. The van der Waals surface area contributed by atoms with Gasteiger partial charge in [0.25, 0.3) is 0 Å². The number of nitrogens with zero attached hydrogens (tertiary/aromatic N) is 2. The molecule has 0 fully saturated rings. The van der Waals surface area contributed by atoms with Crippen molar-refractivity contribution in [3.63, 3.8) is 0 Å². The predicted molar refractivity (Wildman–Crippen MR) is 77.5 cm³/mol. The van der Waals surface area contributed by atoms with Crippen LogP contribution in [0.4, 0.5) is 0 Å². The predicted octanol–water partition coefficient (Wildman–Crippen LogP) is 3.70. The van der Waals surface area contributed by atoms with Gasteiger partial charge in [0.1, 0.15) is 0 Å². The summed E-state index contributed by atoms with van der Waals surface area (Å²) in [5.74, 6) is 0. The molecule has 0 saturated carbocycles. The van der Waals surface area contributed by atoms with Crippen LogP contribution in [0.25, 0.3) is 0 Å². The van der Waals surface area contributed by atoms with Crippen molar-refractivity contribution in [2.24, 2.45) is 0 Å². The highest BCUT2D eigenvalue weighted by molar-refractivity contribution is 6.30. The molecule has 0 spiro atoms. The molecule has 1 N–H and O–H groups in total. The maximum atomic E-state index is 10.3. The van der Waals surface area contributed by atoms with Crippen LogP contribution in [0, 0.1) is 6.92 Å². The van der Waals surface area contributed by atoms with Crippen molar-refractivity contribution in [3.8, 4) is 0 Å². The average Bonchev–Trinajstić information content (AvgIpc) is 2.76. The monoisotopic (exact) mass is 278 g/mol. The first kappa shape index (κ1) is 14.1. The number of hydrogen-bond acceptors (Lipinski definition) is 2. The van der Waals surface area contributed by atoms with Crippen LogP contribution in [-0.4, -0.2) is 14.9 Å². The molecule has 1 atom stereocenters. The third kappa shape index (κ3) is 3.58. The van der Waals surface area contributed by atoms with Gasteiger partial charge in [0, 0.05) is 23.7 Å². The molecule has 0 radical (unpaired) electrons. The largest absolute Gasteiger partial charge is 0.388 e. The van der Waals surface area contributed by atoms with E-state index in [1.54, 1.807) is 6.07 Å². The van der Waals surface area contributed by atoms with Gasteiger partial charge in [0.2, 0.25) is 0 Å². The summed E-state index contributed by atoms with van der Waals surface area (Å²) in [6, 6.07) is 7.92. The Morgan fingerprint density at radius 2 is 2.05 bits per heavy atom. The highest BCUT2D eigenvalue weighted by Gasteiger charge is 2.12. The smallest absolute Gasteiger partial charge is 0.0846 e. The molecule has 1 heterocycles. The van der Waals surface area contributed by atoms with E-state index in [2.05, 4.69) is 18.9 Å². The molecule has 2 rings (SSSR count). The van der Waals surface area contributed by atoms with Gasteiger partial charge >= 0.3 is 0 Å². The molecule has 0 aliphatic carbocycles. The van der Waals surface area contributed by atoms with Crippen LogP contribution in [0.2, 0.25) is 5.02 Å². The minimum atomic E-state index is -0.576. The normalized spacial score (nSPS) is 12.9. The van der Waals surface area contributed by atoms with Gasteiger partial charge in [-0.2, -0.15) is 5.10 Å². The molecule has 2 aromatic rings. The van der Waals surface area contributed by atoms with Crippen molar-refractivity contribution in [2.45, 2.75) is 39.3 Å². The molecule has 102 valence electrons. The second-order valence-electron chi connectivity index (χ2n) is 5.16. The van der Waals surface area contributed by atoms with E-state index in [-0.39, 0.29) is 0 Å². The van der Waals surface area contributed by atoms with E-state index >= 15 is 0 Å². The lowest BCUT2D eigenvalue weighted by Crippen LogP contribution is -2.05. The van der Waals surface area contributed by atoms with Crippen molar-refractivity contribution in [3.05, 3.63) is 52.3 Å². The topological polar surface area (TPSA) is 38.0 Å². The molecule has 4 heteroatoms. The summed E-state index contributed by atoms with van der Waals surface area (Å²) in [4.78, 5) is 0. The minimum absolute atomic E-state index is 0.333. The molecule has 0 amide bonds. The standard InChI is InChI=1S/C15H19ClN2O/c1-10(2)18-5-4-14(17-18)9-15(19)12-6-11(3)7-13(16)8-12/h4-8,10,15,19H,9H2,1-3H3. The van der Waals surface area contributed by atoms with Crippen LogP contribution in [0.1, 0.15) is 42.8 Å². The zero-order valence-corrected chi connectivity index (χ0v) is 12.2. The molecule has 19 heavy (non-hydrogen) atoms. The molecule has 3 nitrogen and oxygen atoms in total. The molecule has 0 aliphatic heterocycles. The van der Waals surface area contributed by atoms with Gasteiger partial charge in [0.15, 0.2) is 0 Å². The Labute approximate surface area is 118 Å². The maximum Gasteiger partial charge on any atom is 0.0846 e. The summed E-state index contributed by atoms with van der Waals surface area (Å²) in [6.07, 6.45) is 1.86. The van der Waals surface area contributed by atoms with E-state index in [0.29, 0.717) is 17.5 Å². The first-order chi connectivity index (χ1) is 8.95. The van der Waals surface area contributed by atoms with E-state index in [1.165, 1.54) is 0 Å². The molecule has 1 aromatic heterocycles. The molecule has 1 aromatic carbocycles. The average molecular weight is 279 g/mol. The Morgan fingerprint density at radius 1 is 1.32 bits per heavy atom. The zero-order chi connectivity index (χ0) is 14.0. The second-order valence-corrected chi connectivity index (χ2v) is 5.60. The summed E-state index contributed by atoms with van der Waals surface area (Å²) < 4.78 is 1.89. The van der Waals surface area contributed by atoms with Gasteiger partial charge in [-0.15, -0.1) is 0 Å². The summed E-state index contributed by atoms with van der Waals surface area (Å²) in [5, 5.41) is 15.4. The van der Waals surface area contributed by atoms with Crippen LogP contribution in [0.15, 0.2) is 30.5 Å². The molecule has 0 saturated heterocycles. The molecule has 1 unspecified atom stereocenters. The van der Waals surface area contributed by atoms with Crippen LogP contribution < -0.4 is 0 Å². The SMILES string of the molecule is Cc1cc(Cl)cc(C(O)Cc2ccn(C(C)C)n2)c1. The van der Waals surface area contributed by atoms with E-state index in [4.69, 9.17) is 11.6 Å². The number of hydrogen-bond donors (Lipinski definition) is 1. The Balaban J connectivity index is 2.13. The quantitative estimate of drug-likeness (QED) is 0.926. The summed E-state index contributed by atoms with van der Waals surface area (Å²) >= 11 is 6.01. The summed E-state index contributed by atoms with van der Waals surface area (Å²) in [5.41, 5.74) is 2.78. The minimum Gasteiger partial charge on any atom is -0.388 e. The number of halogens is 1. The number of aliphatic hydroxyl groups excluding tert-OH is 1. The Bertz CT molecular complexity index is 543. The molecule has 0 bridgehead atoms. The van der Waals surface area contributed by atoms with Crippen molar-refractivity contribution in [1.29, 1.82) is 0 Å². The highest BCUT2D eigenvalue weighted by Crippen LogP contribution is 2.23. The molecule has 0 aliphatic rings. The van der Waals surface area contributed by atoms with E-state index in [1.807, 2.05) is 36.0 Å². The number of benzene rings is 1. The highest BCUT2D eigenvalue weighted by atomic mass is 35.5. The Hall–Kier alpha value is -1.32. The van der Waals surface area contributed by atoms with Gasteiger partial charge < -0.3 is 5.11 Å². The number of aromatic nitrogens is 2. The van der Waals surface area contributed by atoms with Gasteiger partial charge in [-0.3, -0.25) is 4.68 Å². The lowest BCUT2D eigenvalue weighted by Gasteiger charge is -2.11. The lowest BCUT2D eigenvalue weighted by molar-refractivity contribution is 0.177. The number of aryl methyl sites for hydroxylation is 1. The van der Waals surface area contributed by atoms with E-state index < -0.39 is 6.10 Å². The number of aliphatic hydroxyl groups is 1. The van der Waals surface area contributed by atoms with Crippen molar-refractivity contribution in [1.82, 2.24) is 9.78 Å². The fourth-order valence-corrected chi connectivity index (χ4v) is 2.34. The lowest BCUT2D eigenvalue weighted by atomic mass is 10.0.